The summed E-state index contributed by atoms with van der Waals surface area (Å²) in [6.07, 6.45) is 0.429. The lowest BCUT2D eigenvalue weighted by molar-refractivity contribution is -0.128. The summed E-state index contributed by atoms with van der Waals surface area (Å²) in [5.41, 5.74) is 0.992. The molecule has 1 atom stereocenters. The second kappa shape index (κ2) is 7.54. The maximum atomic E-state index is 12.0. The van der Waals surface area contributed by atoms with Crippen molar-refractivity contribution in [1.82, 2.24) is 4.90 Å². The highest BCUT2D eigenvalue weighted by atomic mass is 32.2. The van der Waals surface area contributed by atoms with Gasteiger partial charge in [0.25, 0.3) is 0 Å². The zero-order valence-electron chi connectivity index (χ0n) is 13.1. The van der Waals surface area contributed by atoms with E-state index in [9.17, 15) is 9.59 Å². The van der Waals surface area contributed by atoms with Gasteiger partial charge in [-0.3, -0.25) is 9.59 Å². The van der Waals surface area contributed by atoms with Crippen LogP contribution in [0.15, 0.2) is 18.2 Å². The summed E-state index contributed by atoms with van der Waals surface area (Å²) in [6, 6.07) is 5.68. The van der Waals surface area contributed by atoms with Crippen LogP contribution in [-0.4, -0.2) is 41.4 Å². The predicted molar refractivity (Wildman–Crippen MR) is 86.3 cm³/mol. The minimum atomic E-state index is 0.0581. The van der Waals surface area contributed by atoms with Crippen molar-refractivity contribution in [2.24, 2.45) is 0 Å². The van der Waals surface area contributed by atoms with Crippen molar-refractivity contribution in [1.29, 1.82) is 0 Å². The highest BCUT2D eigenvalue weighted by molar-refractivity contribution is 8.14. The summed E-state index contributed by atoms with van der Waals surface area (Å²) < 4.78 is 10.8. The Hall–Kier alpha value is -1.69. The van der Waals surface area contributed by atoms with Gasteiger partial charge < -0.3 is 14.4 Å². The quantitative estimate of drug-likeness (QED) is 0.805. The first-order chi connectivity index (χ1) is 10.5. The summed E-state index contributed by atoms with van der Waals surface area (Å²) in [6.45, 7) is 5.14. The van der Waals surface area contributed by atoms with Gasteiger partial charge in [-0.05, 0) is 24.6 Å². The number of nitrogens with zero attached hydrogens (tertiary/aromatic N) is 1. The van der Waals surface area contributed by atoms with Gasteiger partial charge in [0.2, 0.25) is 5.91 Å². The van der Waals surface area contributed by atoms with Gasteiger partial charge in [0, 0.05) is 31.7 Å². The Labute approximate surface area is 135 Å². The van der Waals surface area contributed by atoms with Crippen molar-refractivity contribution in [2.75, 3.05) is 20.3 Å². The fourth-order valence-corrected chi connectivity index (χ4v) is 3.46. The molecule has 6 heteroatoms. The Morgan fingerprint density at radius 2 is 2.18 bits per heavy atom. The summed E-state index contributed by atoms with van der Waals surface area (Å²) in [7, 11) is 1.60. The Bertz CT molecular complexity index is 561. The lowest BCUT2D eigenvalue weighted by Crippen LogP contribution is -2.25. The molecule has 0 aromatic heterocycles. The number of rotatable bonds is 6. The first-order valence-electron chi connectivity index (χ1n) is 7.28. The molecule has 1 amide bonds. The van der Waals surface area contributed by atoms with Gasteiger partial charge in [-0.1, -0.05) is 17.8 Å². The maximum absolute atomic E-state index is 12.0. The first kappa shape index (κ1) is 16.7. The van der Waals surface area contributed by atoms with Gasteiger partial charge >= 0.3 is 0 Å². The van der Waals surface area contributed by atoms with Crippen molar-refractivity contribution in [3.8, 4) is 11.5 Å². The first-order valence-corrected chi connectivity index (χ1v) is 8.16. The van der Waals surface area contributed by atoms with Crippen LogP contribution in [0.4, 0.5) is 0 Å². The zero-order valence-corrected chi connectivity index (χ0v) is 13.9. The van der Waals surface area contributed by atoms with E-state index >= 15 is 0 Å². The van der Waals surface area contributed by atoms with Crippen molar-refractivity contribution >= 4 is 22.8 Å². The van der Waals surface area contributed by atoms with E-state index in [1.165, 1.54) is 18.7 Å². The third kappa shape index (κ3) is 4.16. The molecule has 1 unspecified atom stereocenters. The van der Waals surface area contributed by atoms with Crippen molar-refractivity contribution in [2.45, 2.75) is 32.1 Å². The predicted octanol–water partition coefficient (Wildman–Crippen LogP) is 2.47. The van der Waals surface area contributed by atoms with Crippen molar-refractivity contribution in [3.05, 3.63) is 23.8 Å². The largest absolute Gasteiger partial charge is 0.493 e. The van der Waals surface area contributed by atoms with E-state index in [0.717, 1.165) is 5.56 Å². The summed E-state index contributed by atoms with van der Waals surface area (Å²) in [5.74, 6) is 1.46. The van der Waals surface area contributed by atoms with E-state index in [0.29, 0.717) is 37.6 Å². The number of hydrogen-bond acceptors (Lipinski definition) is 5. The minimum Gasteiger partial charge on any atom is -0.493 e. The van der Waals surface area contributed by atoms with Gasteiger partial charge in [0.1, 0.15) is 0 Å². The summed E-state index contributed by atoms with van der Waals surface area (Å²) >= 11 is 1.25. The molecule has 1 aromatic rings. The Morgan fingerprint density at radius 1 is 1.41 bits per heavy atom. The molecule has 1 aromatic carbocycles. The van der Waals surface area contributed by atoms with Crippen LogP contribution in [-0.2, 0) is 16.1 Å². The molecule has 0 N–H and O–H groups in total. The molecule has 1 aliphatic heterocycles. The smallest absolute Gasteiger partial charge is 0.224 e. The average Bonchev–Trinajstić information content (AvgIpc) is 2.78. The zero-order chi connectivity index (χ0) is 16.1. The third-order valence-electron chi connectivity index (χ3n) is 3.41. The molecular weight excluding hydrogens is 302 g/mol. The Kier molecular flexibility index (Phi) is 5.71. The molecule has 1 saturated heterocycles. The normalized spacial score (nSPS) is 17.7. The molecule has 0 bridgehead atoms. The van der Waals surface area contributed by atoms with E-state index < -0.39 is 0 Å². The van der Waals surface area contributed by atoms with Crippen molar-refractivity contribution in [3.63, 3.8) is 0 Å². The lowest BCUT2D eigenvalue weighted by atomic mass is 10.2. The lowest BCUT2D eigenvalue weighted by Gasteiger charge is -2.18. The van der Waals surface area contributed by atoms with Gasteiger partial charge in [-0.2, -0.15) is 0 Å². The van der Waals surface area contributed by atoms with E-state index in [2.05, 4.69) is 0 Å². The number of methoxy groups -OCH3 is 1. The molecule has 2 rings (SSSR count). The van der Waals surface area contributed by atoms with Gasteiger partial charge in [-0.15, -0.1) is 0 Å². The Balaban J connectivity index is 2.05. The standard InChI is InChI=1S/C16H21NO4S/c1-4-21-15-7-12(5-6-14(15)20-3)9-17-10-13(8-16(17)19)22-11(2)18/h5-7,13H,4,8-10H2,1-3H3. The second-order valence-corrected chi connectivity index (χ2v) is 6.61. The molecule has 1 heterocycles. The molecule has 0 spiro atoms. The molecule has 1 aliphatic rings. The summed E-state index contributed by atoms with van der Waals surface area (Å²) in [4.78, 5) is 25.0. The number of carbonyl (C=O) groups excluding carboxylic acids is 2. The number of likely N-dealkylation sites (tertiary alicyclic amines) is 1. The van der Waals surface area contributed by atoms with Gasteiger partial charge in [0.15, 0.2) is 16.6 Å². The molecular formula is C16H21NO4S. The maximum Gasteiger partial charge on any atom is 0.224 e. The third-order valence-corrected chi connectivity index (χ3v) is 4.39. The second-order valence-electron chi connectivity index (χ2n) is 5.13. The number of benzene rings is 1. The number of thioether (sulfide) groups is 1. The fourth-order valence-electron chi connectivity index (χ4n) is 2.51. The van der Waals surface area contributed by atoms with Crippen LogP contribution in [0.2, 0.25) is 0 Å². The highest BCUT2D eigenvalue weighted by Gasteiger charge is 2.30. The van der Waals surface area contributed by atoms with Crippen LogP contribution < -0.4 is 9.47 Å². The average molecular weight is 323 g/mol. The van der Waals surface area contributed by atoms with Crippen LogP contribution in [0, 0.1) is 0 Å². The van der Waals surface area contributed by atoms with Crippen LogP contribution in [0.25, 0.3) is 0 Å². The summed E-state index contributed by atoms with van der Waals surface area (Å²) in [5, 5.41) is 0.123. The van der Waals surface area contributed by atoms with Crippen LogP contribution in [0.3, 0.4) is 0 Å². The van der Waals surface area contributed by atoms with Gasteiger partial charge in [0.05, 0.1) is 13.7 Å². The van der Waals surface area contributed by atoms with Gasteiger partial charge in [-0.25, -0.2) is 0 Å². The van der Waals surface area contributed by atoms with E-state index in [1.54, 1.807) is 12.0 Å². The molecule has 22 heavy (non-hydrogen) atoms. The van der Waals surface area contributed by atoms with Crippen LogP contribution >= 0.6 is 11.8 Å². The molecule has 0 aliphatic carbocycles. The number of hydrogen-bond donors (Lipinski definition) is 0. The number of carbonyl (C=O) groups is 2. The topological polar surface area (TPSA) is 55.8 Å². The molecule has 5 nitrogen and oxygen atoms in total. The monoisotopic (exact) mass is 323 g/mol. The molecule has 0 radical (unpaired) electrons. The van der Waals surface area contributed by atoms with E-state index in [-0.39, 0.29) is 16.3 Å². The molecule has 120 valence electrons. The van der Waals surface area contributed by atoms with E-state index in [1.807, 2.05) is 25.1 Å². The minimum absolute atomic E-state index is 0.0581. The number of ether oxygens (including phenoxy) is 2. The fraction of sp³-hybridized carbons (Fsp3) is 0.500. The Morgan fingerprint density at radius 3 is 2.82 bits per heavy atom. The van der Waals surface area contributed by atoms with Crippen LogP contribution in [0.5, 0.6) is 11.5 Å². The van der Waals surface area contributed by atoms with Crippen molar-refractivity contribution < 1.29 is 19.1 Å². The SMILES string of the molecule is CCOc1cc(CN2CC(SC(C)=O)CC2=O)ccc1OC. The van der Waals surface area contributed by atoms with Crippen LogP contribution in [0.1, 0.15) is 25.8 Å². The molecule has 0 saturated carbocycles. The number of amides is 1. The highest BCUT2D eigenvalue weighted by Crippen LogP contribution is 2.30. The van der Waals surface area contributed by atoms with E-state index in [4.69, 9.17) is 9.47 Å². The molecule has 1 fully saturated rings.